The van der Waals surface area contributed by atoms with Crippen molar-refractivity contribution in [3.63, 3.8) is 0 Å². The van der Waals surface area contributed by atoms with E-state index >= 15 is 0 Å². The van der Waals surface area contributed by atoms with E-state index in [2.05, 4.69) is 24.2 Å². The fraction of sp³-hybridized carbons (Fsp3) is 0.467. The average molecular weight is 282 g/mol. The zero-order valence-corrected chi connectivity index (χ0v) is 12.4. The molecule has 0 aromatic heterocycles. The maximum atomic E-state index is 5.97. The summed E-state index contributed by atoms with van der Waals surface area (Å²) in [4.78, 5) is 1.21. The Morgan fingerprint density at radius 3 is 3.00 bits per heavy atom. The highest BCUT2D eigenvalue weighted by atomic mass is 35.5. The van der Waals surface area contributed by atoms with Gasteiger partial charge in [0.1, 0.15) is 0 Å². The molecule has 3 heteroatoms. The first-order valence-electron chi connectivity index (χ1n) is 6.31. The molecule has 0 aliphatic heterocycles. The molecule has 0 radical (unpaired) electrons. The van der Waals surface area contributed by atoms with Crippen LogP contribution in [0.1, 0.15) is 26.2 Å². The highest BCUT2D eigenvalue weighted by Crippen LogP contribution is 2.23. The second-order valence-corrected chi connectivity index (χ2v) is 5.69. The van der Waals surface area contributed by atoms with Crippen LogP contribution in [0.5, 0.6) is 0 Å². The van der Waals surface area contributed by atoms with Crippen molar-refractivity contribution in [3.05, 3.63) is 29.3 Å². The lowest BCUT2D eigenvalue weighted by Gasteiger charge is -2.17. The average Bonchev–Trinajstić information content (AvgIpc) is 2.38. The lowest BCUT2D eigenvalue weighted by molar-refractivity contribution is 0.526. The quantitative estimate of drug-likeness (QED) is 0.566. The van der Waals surface area contributed by atoms with Gasteiger partial charge in [-0.25, -0.2) is 0 Å². The van der Waals surface area contributed by atoms with E-state index in [1.807, 2.05) is 30.0 Å². The molecule has 1 atom stereocenters. The van der Waals surface area contributed by atoms with Crippen molar-refractivity contribution in [1.82, 2.24) is 5.32 Å². The van der Waals surface area contributed by atoms with Gasteiger partial charge in [-0.05, 0) is 37.6 Å². The third-order valence-electron chi connectivity index (χ3n) is 2.57. The predicted molar refractivity (Wildman–Crippen MR) is 82.3 cm³/mol. The van der Waals surface area contributed by atoms with Crippen molar-refractivity contribution in [2.45, 2.75) is 37.1 Å². The van der Waals surface area contributed by atoms with Gasteiger partial charge in [-0.2, -0.15) is 0 Å². The smallest absolute Gasteiger partial charge is 0.0417 e. The standard InChI is InChI=1S/C15H20ClNS/c1-3-5-8-14(17-10-4-2)12-18-15-9-6-7-13(16)11-15/h1,6-7,9,11,14,17H,4-5,8,10,12H2,2H3. The van der Waals surface area contributed by atoms with E-state index in [-0.39, 0.29) is 0 Å². The van der Waals surface area contributed by atoms with Gasteiger partial charge in [-0.15, -0.1) is 24.1 Å². The number of nitrogens with one attached hydrogen (secondary N) is 1. The van der Waals surface area contributed by atoms with Gasteiger partial charge in [0.05, 0.1) is 0 Å². The highest BCUT2D eigenvalue weighted by Gasteiger charge is 2.07. The summed E-state index contributed by atoms with van der Waals surface area (Å²) in [5, 5.41) is 4.33. The van der Waals surface area contributed by atoms with Crippen LogP contribution in [0.25, 0.3) is 0 Å². The zero-order chi connectivity index (χ0) is 13.2. The van der Waals surface area contributed by atoms with Gasteiger partial charge in [0, 0.05) is 28.1 Å². The molecule has 18 heavy (non-hydrogen) atoms. The van der Waals surface area contributed by atoms with Crippen molar-refractivity contribution in [2.24, 2.45) is 0 Å². The summed E-state index contributed by atoms with van der Waals surface area (Å²) in [6.07, 6.45) is 8.34. The van der Waals surface area contributed by atoms with E-state index in [0.29, 0.717) is 6.04 Å². The van der Waals surface area contributed by atoms with E-state index < -0.39 is 0 Å². The van der Waals surface area contributed by atoms with E-state index in [4.69, 9.17) is 18.0 Å². The van der Waals surface area contributed by atoms with Crippen molar-refractivity contribution in [1.29, 1.82) is 0 Å². The normalized spacial score (nSPS) is 12.1. The number of thioether (sulfide) groups is 1. The molecule has 0 aliphatic rings. The Labute approximate surface area is 120 Å². The Hall–Kier alpha value is -0.620. The number of hydrogen-bond donors (Lipinski definition) is 1. The Balaban J connectivity index is 2.42. The molecule has 0 saturated heterocycles. The van der Waals surface area contributed by atoms with Gasteiger partial charge in [0.2, 0.25) is 0 Å². The minimum atomic E-state index is 0.477. The summed E-state index contributed by atoms with van der Waals surface area (Å²) in [5.41, 5.74) is 0. The molecule has 0 spiro atoms. The summed E-state index contributed by atoms with van der Waals surface area (Å²) in [6, 6.07) is 8.46. The Kier molecular flexibility index (Phi) is 8.00. The second kappa shape index (κ2) is 9.33. The molecule has 1 unspecified atom stereocenters. The van der Waals surface area contributed by atoms with Gasteiger partial charge in [-0.1, -0.05) is 24.6 Å². The van der Waals surface area contributed by atoms with Crippen molar-refractivity contribution in [2.75, 3.05) is 12.3 Å². The summed E-state index contributed by atoms with van der Waals surface area (Å²) in [6.45, 7) is 3.22. The molecule has 0 heterocycles. The SMILES string of the molecule is C#CCCC(CSc1cccc(Cl)c1)NCCC. The van der Waals surface area contributed by atoms with Gasteiger partial charge in [0.15, 0.2) is 0 Å². The van der Waals surface area contributed by atoms with Gasteiger partial charge in [0.25, 0.3) is 0 Å². The number of hydrogen-bond acceptors (Lipinski definition) is 2. The highest BCUT2D eigenvalue weighted by molar-refractivity contribution is 7.99. The van der Waals surface area contributed by atoms with Crippen LogP contribution < -0.4 is 5.32 Å². The number of rotatable bonds is 8. The molecule has 1 N–H and O–H groups in total. The van der Waals surface area contributed by atoms with E-state index in [1.165, 1.54) is 4.90 Å². The van der Waals surface area contributed by atoms with E-state index in [0.717, 1.165) is 36.6 Å². The third-order valence-corrected chi connectivity index (χ3v) is 3.96. The molecule has 1 rings (SSSR count). The fourth-order valence-corrected chi connectivity index (χ4v) is 2.92. The fourth-order valence-electron chi connectivity index (χ4n) is 1.60. The molecular formula is C15H20ClNS. The van der Waals surface area contributed by atoms with Gasteiger partial charge in [-0.3, -0.25) is 0 Å². The van der Waals surface area contributed by atoms with Crippen LogP contribution in [0.2, 0.25) is 5.02 Å². The molecule has 1 aromatic carbocycles. The minimum absolute atomic E-state index is 0.477. The Morgan fingerprint density at radius 2 is 2.33 bits per heavy atom. The second-order valence-electron chi connectivity index (χ2n) is 4.16. The topological polar surface area (TPSA) is 12.0 Å². The monoisotopic (exact) mass is 281 g/mol. The van der Waals surface area contributed by atoms with Crippen LogP contribution >= 0.6 is 23.4 Å². The first-order valence-corrected chi connectivity index (χ1v) is 7.67. The van der Waals surface area contributed by atoms with Crippen molar-refractivity contribution >= 4 is 23.4 Å². The van der Waals surface area contributed by atoms with Crippen LogP contribution in [-0.4, -0.2) is 18.3 Å². The summed E-state index contributed by atoms with van der Waals surface area (Å²) in [7, 11) is 0. The van der Waals surface area contributed by atoms with Gasteiger partial charge < -0.3 is 5.32 Å². The van der Waals surface area contributed by atoms with E-state index in [9.17, 15) is 0 Å². The number of benzene rings is 1. The third kappa shape index (κ3) is 6.35. The molecule has 0 saturated carbocycles. The zero-order valence-electron chi connectivity index (χ0n) is 10.8. The first-order chi connectivity index (χ1) is 8.76. The van der Waals surface area contributed by atoms with Crippen molar-refractivity contribution in [3.8, 4) is 12.3 Å². The van der Waals surface area contributed by atoms with Crippen molar-refractivity contribution < 1.29 is 0 Å². The van der Waals surface area contributed by atoms with Crippen LogP contribution in [0.15, 0.2) is 29.2 Å². The van der Waals surface area contributed by atoms with Gasteiger partial charge >= 0.3 is 0 Å². The molecule has 98 valence electrons. The molecular weight excluding hydrogens is 262 g/mol. The summed E-state index contributed by atoms with van der Waals surface area (Å²) < 4.78 is 0. The van der Waals surface area contributed by atoms with Crippen LogP contribution in [0.3, 0.4) is 0 Å². The number of terminal acetylenes is 1. The molecule has 0 fully saturated rings. The van der Waals surface area contributed by atoms with Crippen LogP contribution in [-0.2, 0) is 0 Å². The molecule has 1 nitrogen and oxygen atoms in total. The minimum Gasteiger partial charge on any atom is -0.313 e. The molecule has 1 aromatic rings. The largest absolute Gasteiger partial charge is 0.313 e. The molecule has 0 aliphatic carbocycles. The maximum absolute atomic E-state index is 5.97. The number of halogens is 1. The molecule has 0 amide bonds. The predicted octanol–water partition coefficient (Wildman–Crippen LogP) is 4.21. The van der Waals surface area contributed by atoms with Crippen LogP contribution in [0, 0.1) is 12.3 Å². The Morgan fingerprint density at radius 1 is 1.50 bits per heavy atom. The lowest BCUT2D eigenvalue weighted by Crippen LogP contribution is -2.31. The van der Waals surface area contributed by atoms with E-state index in [1.54, 1.807) is 0 Å². The summed E-state index contributed by atoms with van der Waals surface area (Å²) in [5.74, 6) is 3.74. The lowest BCUT2D eigenvalue weighted by atomic mass is 10.2. The maximum Gasteiger partial charge on any atom is 0.0417 e. The molecule has 0 bridgehead atoms. The van der Waals surface area contributed by atoms with Crippen LogP contribution in [0.4, 0.5) is 0 Å². The summed E-state index contributed by atoms with van der Waals surface area (Å²) >= 11 is 7.80. The first kappa shape index (κ1) is 15.4. The Bertz CT molecular complexity index is 386.